The summed E-state index contributed by atoms with van der Waals surface area (Å²) in [5.74, 6) is -0.0251. The van der Waals surface area contributed by atoms with E-state index in [9.17, 15) is 13.2 Å². The molecule has 1 fully saturated rings. The Labute approximate surface area is 175 Å². The maximum atomic E-state index is 13.3. The van der Waals surface area contributed by atoms with Gasteiger partial charge in [0.1, 0.15) is 5.58 Å². The number of carbonyl (C=O) groups excluding carboxylic acids is 1. The highest BCUT2D eigenvalue weighted by Crippen LogP contribution is 2.27. The van der Waals surface area contributed by atoms with Gasteiger partial charge >= 0.3 is 0 Å². The average Bonchev–Trinajstić information content (AvgIpc) is 3.23. The first-order valence-electron chi connectivity index (χ1n) is 9.52. The van der Waals surface area contributed by atoms with Gasteiger partial charge in [-0.05, 0) is 37.1 Å². The van der Waals surface area contributed by atoms with Gasteiger partial charge in [-0.1, -0.05) is 41.4 Å². The number of rotatable bonds is 5. The molecule has 0 radical (unpaired) electrons. The van der Waals surface area contributed by atoms with E-state index in [1.807, 2.05) is 43.3 Å². The summed E-state index contributed by atoms with van der Waals surface area (Å²) in [6.45, 7) is 2.28. The average molecular weight is 432 g/mol. The Hall–Kier alpha value is -2.31. The molecule has 0 saturated carbocycles. The minimum Gasteiger partial charge on any atom is -0.464 e. The fourth-order valence-corrected chi connectivity index (χ4v) is 5.78. The maximum absolute atomic E-state index is 13.3. The lowest BCUT2D eigenvalue weighted by Gasteiger charge is -2.29. The van der Waals surface area contributed by atoms with E-state index in [4.69, 9.17) is 16.0 Å². The molecule has 2 aromatic carbocycles. The predicted molar refractivity (Wildman–Crippen MR) is 114 cm³/mol. The number of aryl methyl sites for hydroxylation is 1. The summed E-state index contributed by atoms with van der Waals surface area (Å²) in [6.07, 6.45) is 2.21. The van der Waals surface area contributed by atoms with E-state index in [0.29, 0.717) is 11.4 Å². The van der Waals surface area contributed by atoms with Crippen molar-refractivity contribution in [3.8, 4) is 0 Å². The first-order valence-corrected chi connectivity index (χ1v) is 11.7. The van der Waals surface area contributed by atoms with Crippen molar-refractivity contribution in [2.75, 3.05) is 11.5 Å². The largest absolute Gasteiger partial charge is 0.464 e. The van der Waals surface area contributed by atoms with Gasteiger partial charge in [0.25, 0.3) is 0 Å². The monoisotopic (exact) mass is 431 g/mol. The second kappa shape index (κ2) is 7.84. The maximum Gasteiger partial charge on any atom is 0.227 e. The van der Waals surface area contributed by atoms with Crippen LogP contribution in [0.3, 0.4) is 0 Å². The van der Waals surface area contributed by atoms with Crippen LogP contribution in [-0.2, 0) is 27.6 Å². The highest BCUT2D eigenvalue weighted by Gasteiger charge is 2.35. The number of benzene rings is 2. The highest BCUT2D eigenvalue weighted by atomic mass is 35.5. The van der Waals surface area contributed by atoms with Crippen molar-refractivity contribution in [1.82, 2.24) is 4.90 Å². The Morgan fingerprint density at radius 2 is 2.00 bits per heavy atom. The van der Waals surface area contributed by atoms with Crippen LogP contribution in [0.4, 0.5) is 0 Å². The Morgan fingerprint density at radius 1 is 1.21 bits per heavy atom. The lowest BCUT2D eigenvalue weighted by molar-refractivity contribution is -0.133. The number of amides is 1. The van der Waals surface area contributed by atoms with Crippen LogP contribution in [0.25, 0.3) is 11.0 Å². The van der Waals surface area contributed by atoms with E-state index >= 15 is 0 Å². The second-order valence-electron chi connectivity index (χ2n) is 7.61. The zero-order valence-electron chi connectivity index (χ0n) is 16.1. The molecule has 0 spiro atoms. The fourth-order valence-electron chi connectivity index (χ4n) is 3.85. The van der Waals surface area contributed by atoms with Gasteiger partial charge in [0.2, 0.25) is 5.91 Å². The molecule has 2 heterocycles. The van der Waals surface area contributed by atoms with E-state index in [1.54, 1.807) is 17.2 Å². The van der Waals surface area contributed by atoms with Crippen LogP contribution in [0.15, 0.2) is 53.1 Å². The molecule has 1 amide bonds. The summed E-state index contributed by atoms with van der Waals surface area (Å²) >= 11 is 6.30. The summed E-state index contributed by atoms with van der Waals surface area (Å²) < 4.78 is 29.7. The molecule has 1 saturated heterocycles. The smallest absolute Gasteiger partial charge is 0.227 e. The molecule has 152 valence electrons. The van der Waals surface area contributed by atoms with Crippen molar-refractivity contribution in [3.05, 3.63) is 70.4 Å². The number of carbonyl (C=O) groups is 1. The van der Waals surface area contributed by atoms with Crippen LogP contribution in [-0.4, -0.2) is 36.8 Å². The van der Waals surface area contributed by atoms with Crippen LogP contribution in [0, 0.1) is 6.92 Å². The van der Waals surface area contributed by atoms with Crippen molar-refractivity contribution >= 4 is 38.3 Å². The topological polar surface area (TPSA) is 67.6 Å². The van der Waals surface area contributed by atoms with Gasteiger partial charge < -0.3 is 9.32 Å². The van der Waals surface area contributed by atoms with Crippen LogP contribution in [0.1, 0.15) is 23.1 Å². The second-order valence-corrected chi connectivity index (χ2v) is 10.2. The summed E-state index contributed by atoms with van der Waals surface area (Å²) in [4.78, 5) is 15.0. The van der Waals surface area contributed by atoms with Crippen LogP contribution in [0.5, 0.6) is 0 Å². The van der Waals surface area contributed by atoms with Crippen molar-refractivity contribution in [1.29, 1.82) is 0 Å². The number of fused-ring (bicyclic) bond motifs is 1. The number of hydrogen-bond acceptors (Lipinski definition) is 4. The van der Waals surface area contributed by atoms with E-state index in [0.717, 1.165) is 27.7 Å². The van der Waals surface area contributed by atoms with Crippen LogP contribution < -0.4 is 0 Å². The van der Waals surface area contributed by atoms with E-state index in [2.05, 4.69) is 0 Å². The molecule has 0 unspecified atom stereocenters. The fraction of sp³-hybridized carbons (Fsp3) is 0.318. The van der Waals surface area contributed by atoms with Gasteiger partial charge in [-0.25, -0.2) is 8.42 Å². The SMILES string of the molecule is Cc1ccc2occ(CC(=O)N(Cc3ccccc3Cl)[C@@H]3CCS(=O)(=O)C3)c2c1. The number of furan rings is 1. The quantitative estimate of drug-likeness (QED) is 0.608. The first-order chi connectivity index (χ1) is 13.8. The number of hydrogen-bond donors (Lipinski definition) is 0. The van der Waals surface area contributed by atoms with Crippen molar-refractivity contribution in [2.45, 2.75) is 32.4 Å². The Kier molecular flexibility index (Phi) is 5.40. The standard InChI is InChI=1S/C22H22ClNO4S/c1-15-6-7-21-19(10-15)17(13-28-21)11-22(25)24(18-8-9-29(26,27)14-18)12-16-4-2-3-5-20(16)23/h2-7,10,13,18H,8-9,11-12,14H2,1H3/t18-/m1/s1. The van der Waals surface area contributed by atoms with Crippen LogP contribution in [0.2, 0.25) is 5.02 Å². The molecule has 1 aromatic heterocycles. The zero-order chi connectivity index (χ0) is 20.6. The third-order valence-electron chi connectivity index (χ3n) is 5.42. The number of sulfone groups is 1. The molecule has 0 bridgehead atoms. The Balaban J connectivity index is 1.63. The summed E-state index contributed by atoms with van der Waals surface area (Å²) in [7, 11) is -3.12. The van der Waals surface area contributed by atoms with Crippen molar-refractivity contribution < 1.29 is 17.6 Å². The van der Waals surface area contributed by atoms with Gasteiger partial charge in [-0.15, -0.1) is 0 Å². The summed E-state index contributed by atoms with van der Waals surface area (Å²) in [5, 5.41) is 1.48. The van der Waals surface area contributed by atoms with Gasteiger partial charge in [-0.2, -0.15) is 0 Å². The number of nitrogens with zero attached hydrogens (tertiary/aromatic N) is 1. The molecular weight excluding hydrogens is 410 g/mol. The molecule has 5 nitrogen and oxygen atoms in total. The van der Waals surface area contributed by atoms with Gasteiger partial charge in [0.05, 0.1) is 24.2 Å². The lowest BCUT2D eigenvalue weighted by Crippen LogP contribution is -2.41. The lowest BCUT2D eigenvalue weighted by atomic mass is 10.1. The molecular formula is C22H22ClNO4S. The van der Waals surface area contributed by atoms with Gasteiger partial charge in [-0.3, -0.25) is 4.79 Å². The Morgan fingerprint density at radius 3 is 2.72 bits per heavy atom. The molecule has 3 aromatic rings. The summed E-state index contributed by atoms with van der Waals surface area (Å²) in [6, 6.07) is 12.8. The number of halogens is 1. The van der Waals surface area contributed by atoms with Crippen molar-refractivity contribution in [2.24, 2.45) is 0 Å². The minimum atomic E-state index is -3.12. The molecule has 0 N–H and O–H groups in total. The summed E-state index contributed by atoms with van der Waals surface area (Å²) in [5.41, 5.74) is 3.43. The van der Waals surface area contributed by atoms with E-state index in [1.165, 1.54) is 0 Å². The molecule has 0 aliphatic carbocycles. The third-order valence-corrected chi connectivity index (χ3v) is 7.54. The molecule has 1 aliphatic heterocycles. The van der Waals surface area contributed by atoms with Crippen molar-refractivity contribution in [3.63, 3.8) is 0 Å². The van der Waals surface area contributed by atoms with Gasteiger partial charge in [0.15, 0.2) is 9.84 Å². The van der Waals surface area contributed by atoms with E-state index < -0.39 is 9.84 Å². The molecule has 7 heteroatoms. The normalized spacial score (nSPS) is 18.2. The molecule has 4 rings (SSSR count). The third kappa shape index (κ3) is 4.33. The predicted octanol–water partition coefficient (Wildman–Crippen LogP) is 4.15. The van der Waals surface area contributed by atoms with Gasteiger partial charge in [0, 0.05) is 28.6 Å². The Bertz CT molecular complexity index is 1170. The molecule has 1 atom stereocenters. The molecule has 1 aliphatic rings. The molecule has 29 heavy (non-hydrogen) atoms. The van der Waals surface area contributed by atoms with Crippen LogP contribution >= 0.6 is 11.6 Å². The highest BCUT2D eigenvalue weighted by molar-refractivity contribution is 7.91. The minimum absolute atomic E-state index is 0.00552. The zero-order valence-corrected chi connectivity index (χ0v) is 17.7. The van der Waals surface area contributed by atoms with E-state index in [-0.39, 0.29) is 36.4 Å². The first kappa shape index (κ1) is 20.0.